The van der Waals surface area contributed by atoms with Crippen LogP contribution >= 0.6 is 0 Å². The number of nitrogens with zero attached hydrogens (tertiary/aromatic N) is 2. The minimum atomic E-state index is -0.769. The fourth-order valence-electron chi connectivity index (χ4n) is 6.85. The fourth-order valence-corrected chi connectivity index (χ4v) is 6.85. The van der Waals surface area contributed by atoms with Crippen molar-refractivity contribution in [3.05, 3.63) is 144 Å². The maximum atomic E-state index is 7.11. The summed E-state index contributed by atoms with van der Waals surface area (Å²) in [6.45, 7) is 13.4. The first-order valence-corrected chi connectivity index (χ1v) is 15.3. The van der Waals surface area contributed by atoms with Crippen LogP contribution in [0.1, 0.15) is 70.2 Å². The van der Waals surface area contributed by atoms with E-state index in [9.17, 15) is 0 Å². The molecule has 0 radical (unpaired) electrons. The Morgan fingerprint density at radius 3 is 0.955 bits per heavy atom. The molecule has 0 amide bonds. The Kier molecular flexibility index (Phi) is 8.66. The Morgan fingerprint density at radius 1 is 0.477 bits per heavy atom. The van der Waals surface area contributed by atoms with Crippen LogP contribution in [0.3, 0.4) is 0 Å². The van der Waals surface area contributed by atoms with E-state index < -0.39 is 11.2 Å². The van der Waals surface area contributed by atoms with Gasteiger partial charge in [-0.1, -0.05) is 163 Å². The molecule has 2 aliphatic rings. The van der Waals surface area contributed by atoms with Crippen LogP contribution in [0, 0.1) is 10.8 Å². The van der Waals surface area contributed by atoms with Crippen LogP contribution in [0.15, 0.2) is 131 Å². The Hall–Kier alpha value is -3.69. The summed E-state index contributed by atoms with van der Waals surface area (Å²) in [5, 5.41) is 0. The third-order valence-electron chi connectivity index (χ3n) is 8.63. The molecule has 230 valence electrons. The monoisotopic (exact) mass is 628 g/mol. The second-order valence-electron chi connectivity index (χ2n) is 13.9. The van der Waals surface area contributed by atoms with Crippen LogP contribution in [0.4, 0.5) is 0 Å². The molecule has 0 aromatic heterocycles. The number of rotatable bonds is 6. The maximum absolute atomic E-state index is 7.11. The molecule has 4 aromatic rings. The van der Waals surface area contributed by atoms with Crippen molar-refractivity contribution in [2.24, 2.45) is 20.8 Å². The van der Waals surface area contributed by atoms with Gasteiger partial charge in [-0.05, 0) is 10.8 Å². The molecule has 0 aliphatic carbocycles. The summed E-state index contributed by atoms with van der Waals surface area (Å²) in [6, 6.07) is 41.7. The summed E-state index contributed by atoms with van der Waals surface area (Å²) in [5.74, 6) is 1.30. The zero-order valence-corrected chi connectivity index (χ0v) is 27.4. The van der Waals surface area contributed by atoms with Crippen LogP contribution in [0.2, 0.25) is 0 Å². The Bertz CT molecular complexity index is 1400. The molecule has 0 bridgehead atoms. The molecular formula is C39H42N2NiO2. The zero-order valence-electron chi connectivity index (χ0n) is 26.4. The third-order valence-corrected chi connectivity index (χ3v) is 8.63. The van der Waals surface area contributed by atoms with Crippen LogP contribution in [-0.4, -0.2) is 23.9 Å². The molecule has 2 aliphatic heterocycles. The Labute approximate surface area is 272 Å². The molecule has 6 rings (SSSR count). The van der Waals surface area contributed by atoms with Crippen molar-refractivity contribution in [2.45, 2.75) is 71.2 Å². The van der Waals surface area contributed by atoms with Gasteiger partial charge in [0, 0.05) is 38.7 Å². The van der Waals surface area contributed by atoms with E-state index in [1.54, 1.807) is 0 Å². The summed E-state index contributed by atoms with van der Waals surface area (Å²) >= 11 is 0. The van der Waals surface area contributed by atoms with Gasteiger partial charge in [-0.15, -0.1) is 0 Å². The van der Waals surface area contributed by atoms with E-state index in [-0.39, 0.29) is 39.4 Å². The molecular weight excluding hydrogens is 587 g/mol. The number of hydrogen-bond donors (Lipinski definition) is 0. The van der Waals surface area contributed by atoms with E-state index in [1.165, 1.54) is 0 Å². The van der Waals surface area contributed by atoms with Gasteiger partial charge in [0.05, 0.1) is 6.42 Å². The SMILES string of the molecule is CC(C)(C)[C@H]1N=C(CC2=N[C@H](C(C)(C)C)C(c3ccccc3)(c3ccccc3)O2)OC1(c1ccccc1)c1ccccc1.[Ni]. The average molecular weight is 629 g/mol. The van der Waals surface area contributed by atoms with Gasteiger partial charge < -0.3 is 9.47 Å². The molecule has 0 unspecified atom stereocenters. The number of benzene rings is 4. The summed E-state index contributed by atoms with van der Waals surface area (Å²) in [7, 11) is 0. The molecule has 2 heterocycles. The number of ether oxygens (including phenoxy) is 2. The normalized spacial score (nSPS) is 20.5. The third kappa shape index (κ3) is 5.52. The zero-order chi connectivity index (χ0) is 30.3. The molecule has 44 heavy (non-hydrogen) atoms. The summed E-state index contributed by atoms with van der Waals surface area (Å²) < 4.78 is 14.2. The van der Waals surface area contributed by atoms with Gasteiger partial charge in [0.1, 0.15) is 12.1 Å². The first-order chi connectivity index (χ1) is 20.5. The molecule has 0 saturated heterocycles. The van der Waals surface area contributed by atoms with Crippen LogP contribution < -0.4 is 0 Å². The van der Waals surface area contributed by atoms with Gasteiger partial charge in [0.15, 0.2) is 23.0 Å². The maximum Gasteiger partial charge on any atom is 0.194 e. The van der Waals surface area contributed by atoms with E-state index >= 15 is 0 Å². The molecule has 4 nitrogen and oxygen atoms in total. The van der Waals surface area contributed by atoms with E-state index in [1.807, 2.05) is 24.3 Å². The minimum Gasteiger partial charge on any atom is -0.462 e. The van der Waals surface area contributed by atoms with Crippen molar-refractivity contribution in [3.63, 3.8) is 0 Å². The predicted molar refractivity (Wildman–Crippen MR) is 175 cm³/mol. The van der Waals surface area contributed by atoms with Gasteiger partial charge in [0.2, 0.25) is 0 Å². The Balaban J connectivity index is 0.00000384. The first kappa shape index (κ1) is 31.7. The second kappa shape index (κ2) is 12.0. The van der Waals surface area contributed by atoms with Crippen molar-refractivity contribution < 1.29 is 26.0 Å². The van der Waals surface area contributed by atoms with E-state index in [0.29, 0.717) is 18.2 Å². The van der Waals surface area contributed by atoms with E-state index in [0.717, 1.165) is 22.3 Å². The minimum absolute atomic E-state index is 0. The second-order valence-corrected chi connectivity index (χ2v) is 13.9. The number of hydrogen-bond acceptors (Lipinski definition) is 4. The molecule has 5 heteroatoms. The van der Waals surface area contributed by atoms with E-state index in [2.05, 4.69) is 139 Å². The predicted octanol–water partition coefficient (Wildman–Crippen LogP) is 8.95. The van der Waals surface area contributed by atoms with Crippen molar-refractivity contribution in [3.8, 4) is 0 Å². The van der Waals surface area contributed by atoms with E-state index in [4.69, 9.17) is 19.5 Å². The summed E-state index contributed by atoms with van der Waals surface area (Å²) in [4.78, 5) is 10.7. The van der Waals surface area contributed by atoms with Gasteiger partial charge in [-0.25, -0.2) is 9.98 Å². The molecule has 2 atom stereocenters. The van der Waals surface area contributed by atoms with Gasteiger partial charge in [-0.3, -0.25) is 0 Å². The van der Waals surface area contributed by atoms with Crippen LogP contribution in [0.5, 0.6) is 0 Å². The summed E-state index contributed by atoms with van der Waals surface area (Å²) in [6.07, 6.45) is 0.377. The van der Waals surface area contributed by atoms with Gasteiger partial charge in [0.25, 0.3) is 0 Å². The smallest absolute Gasteiger partial charge is 0.194 e. The molecule has 4 aromatic carbocycles. The molecule has 0 spiro atoms. The summed E-state index contributed by atoms with van der Waals surface area (Å²) in [5.41, 5.74) is 2.45. The standard InChI is InChI=1S/C39H42N2O2.Ni/c1-36(2,3)34-38(28-19-11-7-12-20-28,29-21-13-8-14-22-29)42-32(40-34)27-33-41-35(37(4,5)6)39(43-33,30-23-15-9-16-24-30)31-25-17-10-18-26-31;/h7-26,34-35H,27H2,1-6H3;/t34-,35-;/m1./s1. The Morgan fingerprint density at radius 2 is 0.727 bits per heavy atom. The van der Waals surface area contributed by atoms with Crippen molar-refractivity contribution in [2.75, 3.05) is 0 Å². The fraction of sp³-hybridized carbons (Fsp3) is 0.333. The van der Waals surface area contributed by atoms with Crippen LogP contribution in [-0.2, 0) is 37.2 Å². The molecule has 0 N–H and O–H groups in total. The van der Waals surface area contributed by atoms with Crippen molar-refractivity contribution >= 4 is 11.8 Å². The van der Waals surface area contributed by atoms with Crippen molar-refractivity contribution in [1.29, 1.82) is 0 Å². The van der Waals surface area contributed by atoms with Crippen LogP contribution in [0.25, 0.3) is 0 Å². The van der Waals surface area contributed by atoms with Gasteiger partial charge >= 0.3 is 0 Å². The van der Waals surface area contributed by atoms with Crippen molar-refractivity contribution in [1.82, 2.24) is 0 Å². The first-order valence-electron chi connectivity index (χ1n) is 15.3. The number of aliphatic imine (C=N–C) groups is 2. The quantitative estimate of drug-likeness (QED) is 0.200. The molecule has 0 fully saturated rings. The largest absolute Gasteiger partial charge is 0.462 e. The topological polar surface area (TPSA) is 43.2 Å². The average Bonchev–Trinajstić information content (AvgIpc) is 3.60. The van der Waals surface area contributed by atoms with Gasteiger partial charge in [-0.2, -0.15) is 0 Å². The molecule has 0 saturated carbocycles.